The zero-order valence-electron chi connectivity index (χ0n) is 13.7. The molecular weight excluding hydrogens is 338 g/mol. The van der Waals surface area contributed by atoms with Crippen LogP contribution in [0.1, 0.15) is 17.0 Å². The zero-order valence-corrected chi connectivity index (χ0v) is 14.5. The predicted molar refractivity (Wildman–Crippen MR) is 92.4 cm³/mol. The van der Waals surface area contributed by atoms with Gasteiger partial charge in [0.25, 0.3) is 0 Å². The van der Waals surface area contributed by atoms with Crippen molar-refractivity contribution in [1.29, 1.82) is 0 Å². The molecule has 0 aliphatic heterocycles. The van der Waals surface area contributed by atoms with Gasteiger partial charge in [-0.3, -0.25) is 4.57 Å². The van der Waals surface area contributed by atoms with Gasteiger partial charge in [0.1, 0.15) is 6.33 Å². The zero-order chi connectivity index (χ0) is 17.2. The van der Waals surface area contributed by atoms with Gasteiger partial charge in [-0.15, -0.1) is 10.2 Å². The Kier molecular flexibility index (Phi) is 4.10. The van der Waals surface area contributed by atoms with Crippen LogP contribution in [0.3, 0.4) is 0 Å². The summed E-state index contributed by atoms with van der Waals surface area (Å²) in [5.74, 6) is 2.03. The molecule has 7 nitrogen and oxygen atoms in total. The van der Waals surface area contributed by atoms with Crippen LogP contribution in [0.15, 0.2) is 57.0 Å². The number of hydrogen-bond acceptors (Lipinski definition) is 7. The average Bonchev–Trinajstić information content (AvgIpc) is 3.34. The molecule has 0 atom stereocenters. The summed E-state index contributed by atoms with van der Waals surface area (Å²) >= 11 is 1.49. The van der Waals surface area contributed by atoms with Crippen LogP contribution in [-0.4, -0.2) is 24.9 Å². The second-order valence-corrected chi connectivity index (χ2v) is 6.49. The third-order valence-electron chi connectivity index (χ3n) is 3.66. The normalized spacial score (nSPS) is 11.1. The fourth-order valence-corrected chi connectivity index (χ4v) is 3.27. The van der Waals surface area contributed by atoms with Crippen LogP contribution in [-0.2, 0) is 5.75 Å². The highest BCUT2D eigenvalue weighted by atomic mass is 32.2. The van der Waals surface area contributed by atoms with E-state index in [1.807, 2.05) is 4.57 Å². The van der Waals surface area contributed by atoms with Crippen LogP contribution >= 0.6 is 11.8 Å². The minimum Gasteiger partial charge on any atom is -0.461 e. The summed E-state index contributed by atoms with van der Waals surface area (Å²) in [6.45, 7) is 4.15. The van der Waals surface area contributed by atoms with Gasteiger partial charge in [0.15, 0.2) is 10.9 Å². The third-order valence-corrected chi connectivity index (χ3v) is 4.59. The highest BCUT2D eigenvalue weighted by Gasteiger charge is 2.14. The van der Waals surface area contributed by atoms with Crippen LogP contribution in [0, 0.1) is 13.8 Å². The van der Waals surface area contributed by atoms with Crippen LogP contribution < -0.4 is 0 Å². The summed E-state index contributed by atoms with van der Waals surface area (Å²) < 4.78 is 12.5. The summed E-state index contributed by atoms with van der Waals surface area (Å²) in [6.07, 6.45) is 3.29. The molecule has 0 bridgehead atoms. The van der Waals surface area contributed by atoms with E-state index in [0.29, 0.717) is 23.2 Å². The Balaban J connectivity index is 1.52. The van der Waals surface area contributed by atoms with E-state index in [1.165, 1.54) is 22.9 Å². The summed E-state index contributed by atoms with van der Waals surface area (Å²) in [5.41, 5.74) is 3.44. The Labute approximate surface area is 148 Å². The molecule has 0 fully saturated rings. The second kappa shape index (κ2) is 6.56. The molecule has 0 unspecified atom stereocenters. The molecule has 3 aromatic heterocycles. The molecule has 3 heterocycles. The quantitative estimate of drug-likeness (QED) is 0.504. The van der Waals surface area contributed by atoms with E-state index in [1.54, 1.807) is 24.7 Å². The van der Waals surface area contributed by atoms with Crippen molar-refractivity contribution in [1.82, 2.24) is 24.9 Å². The van der Waals surface area contributed by atoms with Gasteiger partial charge >= 0.3 is 0 Å². The van der Waals surface area contributed by atoms with E-state index in [9.17, 15) is 0 Å². The smallest absolute Gasteiger partial charge is 0.238 e. The lowest BCUT2D eigenvalue weighted by molar-refractivity contribution is 0.390. The Morgan fingerprint density at radius 2 is 2.12 bits per heavy atom. The number of hydrogen-bond donors (Lipinski definition) is 0. The van der Waals surface area contributed by atoms with E-state index >= 15 is 0 Å². The molecule has 0 N–H and O–H groups in total. The maximum Gasteiger partial charge on any atom is 0.238 e. The summed E-state index contributed by atoms with van der Waals surface area (Å²) in [4.78, 5) is 4.33. The van der Waals surface area contributed by atoms with Gasteiger partial charge in [-0.1, -0.05) is 34.6 Å². The van der Waals surface area contributed by atoms with Crippen molar-refractivity contribution < 1.29 is 8.94 Å². The Bertz CT molecular complexity index is 990. The highest BCUT2D eigenvalue weighted by molar-refractivity contribution is 7.98. The fraction of sp³-hybridized carbons (Fsp3) is 0.176. The lowest BCUT2D eigenvalue weighted by atomic mass is 10.1. The van der Waals surface area contributed by atoms with Crippen molar-refractivity contribution in [2.24, 2.45) is 0 Å². The standard InChI is InChI=1S/C17H15N5O2S/c1-11-5-6-13(12(2)8-11)22-10-18-20-17(22)25-9-15-19-16(21-24-15)14-4-3-7-23-14/h3-8,10H,9H2,1-2H3. The van der Waals surface area contributed by atoms with Gasteiger partial charge in [0.2, 0.25) is 11.7 Å². The van der Waals surface area contributed by atoms with Gasteiger partial charge in [0.05, 0.1) is 17.7 Å². The number of nitrogens with zero attached hydrogens (tertiary/aromatic N) is 5. The average molecular weight is 353 g/mol. The topological polar surface area (TPSA) is 82.8 Å². The van der Waals surface area contributed by atoms with Gasteiger partial charge in [0, 0.05) is 0 Å². The number of thioether (sulfide) groups is 1. The molecule has 0 spiro atoms. The van der Waals surface area contributed by atoms with Gasteiger partial charge in [-0.05, 0) is 37.6 Å². The van der Waals surface area contributed by atoms with E-state index < -0.39 is 0 Å². The van der Waals surface area contributed by atoms with Crippen molar-refractivity contribution >= 4 is 11.8 Å². The van der Waals surface area contributed by atoms with Crippen molar-refractivity contribution in [3.05, 3.63) is 59.9 Å². The first-order valence-electron chi connectivity index (χ1n) is 7.67. The molecular formula is C17H15N5O2S. The van der Waals surface area contributed by atoms with Crippen molar-refractivity contribution in [3.8, 4) is 17.3 Å². The molecule has 0 saturated heterocycles. The van der Waals surface area contributed by atoms with Crippen LogP contribution in [0.5, 0.6) is 0 Å². The maximum atomic E-state index is 5.27. The Hall–Kier alpha value is -2.87. The highest BCUT2D eigenvalue weighted by Crippen LogP contribution is 2.26. The number of aryl methyl sites for hydroxylation is 2. The SMILES string of the molecule is Cc1ccc(-n2cnnc2SCc2nc(-c3ccco3)no2)c(C)c1. The van der Waals surface area contributed by atoms with Gasteiger partial charge in [-0.2, -0.15) is 4.98 Å². The molecule has 4 rings (SSSR count). The van der Waals surface area contributed by atoms with E-state index in [-0.39, 0.29) is 0 Å². The Morgan fingerprint density at radius 3 is 2.92 bits per heavy atom. The van der Waals surface area contributed by atoms with Crippen LogP contribution in [0.25, 0.3) is 17.3 Å². The number of rotatable bonds is 5. The lowest BCUT2D eigenvalue weighted by Gasteiger charge is -2.09. The molecule has 4 aromatic rings. The summed E-state index contributed by atoms with van der Waals surface area (Å²) in [7, 11) is 0. The molecule has 0 amide bonds. The molecule has 0 radical (unpaired) electrons. The largest absolute Gasteiger partial charge is 0.461 e. The molecule has 0 aliphatic rings. The maximum absolute atomic E-state index is 5.27. The first-order valence-corrected chi connectivity index (χ1v) is 8.66. The van der Waals surface area contributed by atoms with Gasteiger partial charge < -0.3 is 8.94 Å². The summed E-state index contributed by atoms with van der Waals surface area (Å²) in [5, 5.41) is 12.9. The van der Waals surface area contributed by atoms with Gasteiger partial charge in [-0.25, -0.2) is 0 Å². The first-order chi connectivity index (χ1) is 12.2. The monoisotopic (exact) mass is 353 g/mol. The van der Waals surface area contributed by atoms with E-state index in [4.69, 9.17) is 8.94 Å². The molecule has 0 saturated carbocycles. The van der Waals surface area contributed by atoms with Crippen molar-refractivity contribution in [2.75, 3.05) is 0 Å². The Morgan fingerprint density at radius 1 is 1.20 bits per heavy atom. The van der Waals surface area contributed by atoms with Crippen molar-refractivity contribution in [3.63, 3.8) is 0 Å². The third kappa shape index (κ3) is 3.20. The number of benzene rings is 1. The minimum absolute atomic E-state index is 0.441. The molecule has 25 heavy (non-hydrogen) atoms. The minimum atomic E-state index is 0.441. The van der Waals surface area contributed by atoms with Crippen molar-refractivity contribution in [2.45, 2.75) is 24.8 Å². The second-order valence-electron chi connectivity index (χ2n) is 5.55. The summed E-state index contributed by atoms with van der Waals surface area (Å²) in [6, 6.07) is 9.85. The molecule has 1 aromatic carbocycles. The number of aromatic nitrogens is 5. The lowest BCUT2D eigenvalue weighted by Crippen LogP contribution is -1.98. The molecule has 8 heteroatoms. The first kappa shape index (κ1) is 15.6. The number of furan rings is 1. The molecule has 0 aliphatic carbocycles. The van der Waals surface area contributed by atoms with E-state index in [2.05, 4.69) is 52.4 Å². The van der Waals surface area contributed by atoms with Crippen LogP contribution in [0.4, 0.5) is 0 Å². The van der Waals surface area contributed by atoms with Crippen LogP contribution in [0.2, 0.25) is 0 Å². The fourth-order valence-electron chi connectivity index (χ4n) is 2.51. The predicted octanol–water partition coefficient (Wildman–Crippen LogP) is 3.82. The molecule has 126 valence electrons. The van der Waals surface area contributed by atoms with E-state index in [0.717, 1.165) is 10.8 Å².